The standard InChI is InChI=1S/C12H12N2/c13-9-2-1-3-11-4-6-12(7-5-11)8-10-14/h4-7H,1-3,8H2. The van der Waals surface area contributed by atoms with Crippen molar-refractivity contribution in [3.05, 3.63) is 35.4 Å². The number of rotatable bonds is 4. The van der Waals surface area contributed by atoms with Crippen molar-refractivity contribution in [1.82, 2.24) is 0 Å². The molecule has 0 saturated heterocycles. The number of benzene rings is 1. The van der Waals surface area contributed by atoms with Crippen molar-refractivity contribution >= 4 is 0 Å². The minimum atomic E-state index is 0.471. The summed E-state index contributed by atoms with van der Waals surface area (Å²) in [7, 11) is 0. The quantitative estimate of drug-likeness (QED) is 0.675. The van der Waals surface area contributed by atoms with Gasteiger partial charge in [0.1, 0.15) is 0 Å². The molecule has 0 N–H and O–H groups in total. The summed E-state index contributed by atoms with van der Waals surface area (Å²) in [6.45, 7) is 0. The summed E-state index contributed by atoms with van der Waals surface area (Å²) in [6, 6.07) is 12.3. The van der Waals surface area contributed by atoms with Crippen LogP contribution in [0.5, 0.6) is 0 Å². The summed E-state index contributed by atoms with van der Waals surface area (Å²) < 4.78 is 0. The van der Waals surface area contributed by atoms with Crippen molar-refractivity contribution in [2.45, 2.75) is 25.7 Å². The normalized spacial score (nSPS) is 9.00. The molecular weight excluding hydrogens is 172 g/mol. The fourth-order valence-corrected chi connectivity index (χ4v) is 1.29. The first-order valence-electron chi connectivity index (χ1n) is 4.68. The Kier molecular flexibility index (Phi) is 4.24. The molecule has 0 bridgehead atoms. The number of hydrogen-bond donors (Lipinski definition) is 0. The molecule has 0 aliphatic rings. The molecule has 0 fully saturated rings. The van der Waals surface area contributed by atoms with Crippen LogP contribution in [0.25, 0.3) is 0 Å². The molecule has 2 nitrogen and oxygen atoms in total. The van der Waals surface area contributed by atoms with E-state index < -0.39 is 0 Å². The fourth-order valence-electron chi connectivity index (χ4n) is 1.29. The maximum Gasteiger partial charge on any atom is 0.0669 e. The highest BCUT2D eigenvalue weighted by Crippen LogP contribution is 2.07. The molecule has 0 unspecified atom stereocenters. The van der Waals surface area contributed by atoms with Crippen molar-refractivity contribution in [3.63, 3.8) is 0 Å². The summed E-state index contributed by atoms with van der Waals surface area (Å²) in [5, 5.41) is 16.8. The number of nitrogens with zero attached hydrogens (tertiary/aromatic N) is 2. The Morgan fingerprint density at radius 3 is 2.14 bits per heavy atom. The number of aryl methyl sites for hydroxylation is 1. The largest absolute Gasteiger partial charge is 0.198 e. The van der Waals surface area contributed by atoms with E-state index in [4.69, 9.17) is 10.5 Å². The molecule has 1 aromatic rings. The zero-order valence-electron chi connectivity index (χ0n) is 8.03. The summed E-state index contributed by atoms with van der Waals surface area (Å²) >= 11 is 0. The molecule has 70 valence electrons. The summed E-state index contributed by atoms with van der Waals surface area (Å²) in [4.78, 5) is 0. The molecule has 0 heterocycles. The van der Waals surface area contributed by atoms with Gasteiger partial charge in [0, 0.05) is 6.42 Å². The molecular formula is C12H12N2. The van der Waals surface area contributed by atoms with Crippen LogP contribution in [-0.4, -0.2) is 0 Å². The molecule has 0 spiro atoms. The van der Waals surface area contributed by atoms with E-state index >= 15 is 0 Å². The van der Waals surface area contributed by atoms with Crippen LogP contribution in [0.4, 0.5) is 0 Å². The van der Waals surface area contributed by atoms with Gasteiger partial charge < -0.3 is 0 Å². The molecule has 0 aliphatic carbocycles. The molecule has 0 aliphatic heterocycles. The first kappa shape index (κ1) is 10.3. The van der Waals surface area contributed by atoms with Gasteiger partial charge in [0.05, 0.1) is 18.6 Å². The molecule has 0 radical (unpaired) electrons. The minimum absolute atomic E-state index is 0.471. The summed E-state index contributed by atoms with van der Waals surface area (Å²) in [5.74, 6) is 0. The average molecular weight is 184 g/mol. The Bertz CT molecular complexity index is 351. The molecule has 14 heavy (non-hydrogen) atoms. The first-order chi connectivity index (χ1) is 6.86. The Morgan fingerprint density at radius 2 is 1.57 bits per heavy atom. The average Bonchev–Trinajstić information content (AvgIpc) is 2.21. The maximum absolute atomic E-state index is 8.48. The van der Waals surface area contributed by atoms with Crippen molar-refractivity contribution in [2.75, 3.05) is 0 Å². The van der Waals surface area contributed by atoms with Gasteiger partial charge in [-0.05, 0) is 24.0 Å². The van der Waals surface area contributed by atoms with Crippen molar-refractivity contribution in [2.24, 2.45) is 0 Å². The van der Waals surface area contributed by atoms with E-state index in [2.05, 4.69) is 12.1 Å². The van der Waals surface area contributed by atoms with Gasteiger partial charge in [0.2, 0.25) is 0 Å². The van der Waals surface area contributed by atoms with Gasteiger partial charge in [-0.3, -0.25) is 0 Å². The Balaban J connectivity index is 2.48. The number of hydrogen-bond acceptors (Lipinski definition) is 2. The smallest absolute Gasteiger partial charge is 0.0669 e. The minimum Gasteiger partial charge on any atom is -0.198 e. The topological polar surface area (TPSA) is 47.6 Å². The number of unbranched alkanes of at least 4 members (excludes halogenated alkanes) is 1. The summed E-state index contributed by atoms with van der Waals surface area (Å²) in [6.07, 6.45) is 2.94. The van der Waals surface area contributed by atoms with E-state index in [0.29, 0.717) is 12.8 Å². The third-order valence-corrected chi connectivity index (χ3v) is 2.06. The van der Waals surface area contributed by atoms with Crippen LogP contribution in [0, 0.1) is 22.7 Å². The van der Waals surface area contributed by atoms with E-state index in [1.165, 1.54) is 5.56 Å². The van der Waals surface area contributed by atoms with Crippen molar-refractivity contribution in [1.29, 1.82) is 10.5 Å². The zero-order valence-corrected chi connectivity index (χ0v) is 8.03. The molecule has 0 amide bonds. The first-order valence-corrected chi connectivity index (χ1v) is 4.68. The highest BCUT2D eigenvalue weighted by atomic mass is 14.2. The molecule has 0 aromatic heterocycles. The third-order valence-electron chi connectivity index (χ3n) is 2.06. The van der Waals surface area contributed by atoms with E-state index in [-0.39, 0.29) is 0 Å². The van der Waals surface area contributed by atoms with Crippen LogP contribution >= 0.6 is 0 Å². The van der Waals surface area contributed by atoms with Gasteiger partial charge in [-0.1, -0.05) is 24.3 Å². The van der Waals surface area contributed by atoms with Crippen LogP contribution < -0.4 is 0 Å². The van der Waals surface area contributed by atoms with Crippen LogP contribution in [0.2, 0.25) is 0 Å². The van der Waals surface area contributed by atoms with E-state index in [0.717, 1.165) is 18.4 Å². The van der Waals surface area contributed by atoms with Gasteiger partial charge in [-0.25, -0.2) is 0 Å². The third kappa shape index (κ3) is 3.29. The SMILES string of the molecule is N#CCCCc1ccc(CC#N)cc1. The van der Waals surface area contributed by atoms with Crippen LogP contribution in [0.3, 0.4) is 0 Å². The lowest BCUT2D eigenvalue weighted by molar-refractivity contribution is 0.850. The predicted molar refractivity (Wildman–Crippen MR) is 54.3 cm³/mol. The zero-order chi connectivity index (χ0) is 10.2. The molecule has 0 atom stereocenters. The lowest BCUT2D eigenvalue weighted by Gasteiger charge is -1.99. The second-order valence-corrected chi connectivity index (χ2v) is 3.16. The van der Waals surface area contributed by atoms with Gasteiger partial charge in [0.25, 0.3) is 0 Å². The van der Waals surface area contributed by atoms with E-state index in [1.807, 2.05) is 24.3 Å². The highest BCUT2D eigenvalue weighted by Gasteiger charge is 1.94. The maximum atomic E-state index is 8.48. The molecule has 2 heteroatoms. The van der Waals surface area contributed by atoms with Gasteiger partial charge in [-0.2, -0.15) is 10.5 Å². The van der Waals surface area contributed by atoms with Gasteiger partial charge in [0.15, 0.2) is 0 Å². The molecule has 0 saturated carbocycles. The Morgan fingerprint density at radius 1 is 0.929 bits per heavy atom. The van der Waals surface area contributed by atoms with E-state index in [9.17, 15) is 0 Å². The highest BCUT2D eigenvalue weighted by molar-refractivity contribution is 5.24. The fraction of sp³-hybridized carbons (Fsp3) is 0.333. The van der Waals surface area contributed by atoms with Gasteiger partial charge in [-0.15, -0.1) is 0 Å². The molecule has 1 rings (SSSR count). The van der Waals surface area contributed by atoms with Crippen LogP contribution in [0.1, 0.15) is 24.0 Å². The monoisotopic (exact) mass is 184 g/mol. The van der Waals surface area contributed by atoms with Crippen LogP contribution in [0.15, 0.2) is 24.3 Å². The van der Waals surface area contributed by atoms with Gasteiger partial charge >= 0.3 is 0 Å². The predicted octanol–water partition coefficient (Wildman–Crippen LogP) is 2.60. The lowest BCUT2D eigenvalue weighted by atomic mass is 10.1. The van der Waals surface area contributed by atoms with Crippen molar-refractivity contribution in [3.8, 4) is 12.1 Å². The Hall–Kier alpha value is -1.80. The Labute approximate surface area is 84.4 Å². The van der Waals surface area contributed by atoms with Crippen molar-refractivity contribution < 1.29 is 0 Å². The summed E-state index contributed by atoms with van der Waals surface area (Å²) in [5.41, 5.74) is 2.29. The van der Waals surface area contributed by atoms with E-state index in [1.54, 1.807) is 0 Å². The lowest BCUT2D eigenvalue weighted by Crippen LogP contribution is -1.86. The second-order valence-electron chi connectivity index (χ2n) is 3.16. The molecule has 1 aromatic carbocycles. The van der Waals surface area contributed by atoms with Crippen LogP contribution in [-0.2, 0) is 12.8 Å². The second kappa shape index (κ2) is 5.78. The number of nitriles is 2.